The van der Waals surface area contributed by atoms with E-state index >= 15 is 0 Å². The molecule has 0 fully saturated rings. The Bertz CT molecular complexity index is 1200. The zero-order chi connectivity index (χ0) is 23.4. The summed E-state index contributed by atoms with van der Waals surface area (Å²) in [5.41, 5.74) is 7.34. The van der Waals surface area contributed by atoms with Crippen molar-refractivity contribution in [2.24, 2.45) is 0 Å². The van der Waals surface area contributed by atoms with Crippen LogP contribution in [0.15, 0.2) is 59.8 Å². The molecule has 0 atom stereocenters. The third-order valence-electron chi connectivity index (χ3n) is 4.79. The van der Waals surface area contributed by atoms with Crippen LogP contribution in [0.4, 0.5) is 16.3 Å². The SMILES string of the molecule is CC(C)(c1cc(N)nc(-c2ccc(NC(=O)NCCO)cc2)n1)S(=O)(=O)c1ccncc1. The van der Waals surface area contributed by atoms with E-state index in [4.69, 9.17) is 10.8 Å². The van der Waals surface area contributed by atoms with Crippen LogP contribution in [0.2, 0.25) is 0 Å². The number of hydrogen-bond acceptors (Lipinski definition) is 8. The van der Waals surface area contributed by atoms with Crippen molar-refractivity contribution >= 4 is 27.4 Å². The number of hydrogen-bond donors (Lipinski definition) is 4. The maximum absolute atomic E-state index is 13.2. The van der Waals surface area contributed by atoms with Gasteiger partial charge in [0.05, 0.1) is 17.2 Å². The first-order valence-electron chi connectivity index (χ1n) is 9.71. The average molecular weight is 457 g/mol. The maximum atomic E-state index is 13.2. The number of nitrogens with two attached hydrogens (primary N) is 1. The van der Waals surface area contributed by atoms with E-state index in [9.17, 15) is 13.2 Å². The van der Waals surface area contributed by atoms with Crippen molar-refractivity contribution in [3.8, 4) is 11.4 Å². The van der Waals surface area contributed by atoms with Crippen molar-refractivity contribution < 1.29 is 18.3 Å². The molecule has 3 rings (SSSR count). The fourth-order valence-corrected chi connectivity index (χ4v) is 4.35. The van der Waals surface area contributed by atoms with Gasteiger partial charge in [-0.25, -0.2) is 23.2 Å². The normalized spacial score (nSPS) is 11.7. The number of carbonyl (C=O) groups is 1. The fraction of sp³-hybridized carbons (Fsp3) is 0.238. The van der Waals surface area contributed by atoms with E-state index in [-0.39, 0.29) is 35.4 Å². The largest absolute Gasteiger partial charge is 0.395 e. The van der Waals surface area contributed by atoms with Crippen LogP contribution in [0.25, 0.3) is 11.4 Å². The number of urea groups is 1. The van der Waals surface area contributed by atoms with Crippen molar-refractivity contribution in [1.82, 2.24) is 20.3 Å². The van der Waals surface area contributed by atoms with Gasteiger partial charge in [0.2, 0.25) is 0 Å². The van der Waals surface area contributed by atoms with Gasteiger partial charge in [0.25, 0.3) is 0 Å². The number of nitrogens with one attached hydrogen (secondary N) is 2. The Morgan fingerprint density at radius 3 is 2.38 bits per heavy atom. The molecule has 11 heteroatoms. The third-order valence-corrected chi connectivity index (χ3v) is 7.24. The number of benzene rings is 1. The molecule has 0 aliphatic carbocycles. The van der Waals surface area contributed by atoms with Gasteiger partial charge in [0, 0.05) is 36.3 Å². The Labute approximate surface area is 185 Å². The van der Waals surface area contributed by atoms with Gasteiger partial charge in [-0.3, -0.25) is 4.98 Å². The number of rotatable bonds is 7. The van der Waals surface area contributed by atoms with Crippen molar-refractivity contribution in [3.05, 3.63) is 60.6 Å². The van der Waals surface area contributed by atoms with E-state index in [1.165, 1.54) is 30.6 Å². The lowest BCUT2D eigenvalue weighted by atomic mass is 10.1. The highest BCUT2D eigenvalue weighted by atomic mass is 32.2. The zero-order valence-corrected chi connectivity index (χ0v) is 18.4. The summed E-state index contributed by atoms with van der Waals surface area (Å²) >= 11 is 0. The number of nitrogens with zero attached hydrogens (tertiary/aromatic N) is 3. The third kappa shape index (κ3) is 4.84. The van der Waals surface area contributed by atoms with Gasteiger partial charge >= 0.3 is 6.03 Å². The fourth-order valence-electron chi connectivity index (χ4n) is 2.90. The van der Waals surface area contributed by atoms with E-state index in [0.29, 0.717) is 11.3 Å². The van der Waals surface area contributed by atoms with Crippen LogP contribution < -0.4 is 16.4 Å². The van der Waals surface area contributed by atoms with Crippen molar-refractivity contribution in [1.29, 1.82) is 0 Å². The second-order valence-corrected chi connectivity index (χ2v) is 9.88. The van der Waals surface area contributed by atoms with E-state index < -0.39 is 20.6 Å². The quantitative estimate of drug-likeness (QED) is 0.419. The number of pyridine rings is 1. The number of nitrogen functional groups attached to an aromatic ring is 1. The molecule has 5 N–H and O–H groups in total. The molecule has 1 aromatic carbocycles. The van der Waals surface area contributed by atoms with Gasteiger partial charge in [0.1, 0.15) is 10.6 Å². The van der Waals surface area contributed by atoms with Crippen LogP contribution in [0.3, 0.4) is 0 Å². The Morgan fingerprint density at radius 2 is 1.75 bits per heavy atom. The highest BCUT2D eigenvalue weighted by Crippen LogP contribution is 2.35. The smallest absolute Gasteiger partial charge is 0.319 e. The molecule has 0 saturated heterocycles. The molecule has 32 heavy (non-hydrogen) atoms. The molecule has 3 aromatic rings. The van der Waals surface area contributed by atoms with Gasteiger partial charge in [-0.15, -0.1) is 0 Å². The minimum atomic E-state index is -3.79. The lowest BCUT2D eigenvalue weighted by Crippen LogP contribution is -2.31. The van der Waals surface area contributed by atoms with E-state index in [1.54, 1.807) is 38.1 Å². The van der Waals surface area contributed by atoms with E-state index in [0.717, 1.165) is 0 Å². The van der Waals surface area contributed by atoms with Crippen LogP contribution in [-0.2, 0) is 14.6 Å². The first-order valence-corrected chi connectivity index (χ1v) is 11.2. The Balaban J connectivity index is 1.91. The van der Waals surface area contributed by atoms with Crippen LogP contribution in [0, 0.1) is 0 Å². The van der Waals surface area contributed by atoms with Gasteiger partial charge in [-0.2, -0.15) is 0 Å². The molecule has 2 amide bonds. The number of anilines is 2. The lowest BCUT2D eigenvalue weighted by molar-refractivity contribution is 0.245. The van der Waals surface area contributed by atoms with Crippen LogP contribution >= 0.6 is 0 Å². The molecule has 0 unspecified atom stereocenters. The number of aromatic nitrogens is 3. The molecule has 2 heterocycles. The molecule has 0 bridgehead atoms. The van der Waals surface area contributed by atoms with Gasteiger partial charge in [-0.05, 0) is 50.2 Å². The Hall–Kier alpha value is -3.57. The van der Waals surface area contributed by atoms with Crippen LogP contribution in [0.1, 0.15) is 19.5 Å². The predicted molar refractivity (Wildman–Crippen MR) is 120 cm³/mol. The summed E-state index contributed by atoms with van der Waals surface area (Å²) in [6.45, 7) is 3.11. The molecule has 10 nitrogen and oxygen atoms in total. The van der Waals surface area contributed by atoms with Crippen molar-refractivity contribution in [2.75, 3.05) is 24.2 Å². The molecule has 0 aliphatic rings. The first kappa shape index (κ1) is 23.1. The summed E-state index contributed by atoms with van der Waals surface area (Å²) in [6, 6.07) is 10.5. The summed E-state index contributed by atoms with van der Waals surface area (Å²) in [4.78, 5) is 24.4. The van der Waals surface area contributed by atoms with Crippen molar-refractivity contribution in [2.45, 2.75) is 23.5 Å². The number of sulfone groups is 1. The first-order chi connectivity index (χ1) is 15.1. The summed E-state index contributed by atoms with van der Waals surface area (Å²) in [5.74, 6) is 0.392. The number of amides is 2. The molecular weight excluding hydrogens is 432 g/mol. The summed E-state index contributed by atoms with van der Waals surface area (Å²) in [7, 11) is -3.79. The molecule has 168 valence electrons. The van der Waals surface area contributed by atoms with Gasteiger partial charge in [-0.1, -0.05) is 0 Å². The second-order valence-electron chi connectivity index (χ2n) is 7.38. The number of aliphatic hydroxyl groups excluding tert-OH is 1. The molecular formula is C21H24N6O4S. The zero-order valence-electron chi connectivity index (χ0n) is 17.6. The highest BCUT2D eigenvalue weighted by molar-refractivity contribution is 7.92. The molecule has 0 spiro atoms. The minimum absolute atomic E-state index is 0.131. The van der Waals surface area contributed by atoms with Crippen LogP contribution in [-0.4, -0.2) is 47.7 Å². The molecule has 0 radical (unpaired) electrons. The number of carbonyl (C=O) groups excluding carboxylic acids is 1. The monoisotopic (exact) mass is 456 g/mol. The number of aliphatic hydroxyl groups is 1. The molecule has 0 saturated carbocycles. The van der Waals surface area contributed by atoms with E-state index in [2.05, 4.69) is 25.6 Å². The topological polar surface area (TPSA) is 160 Å². The van der Waals surface area contributed by atoms with Gasteiger partial charge < -0.3 is 21.5 Å². The predicted octanol–water partition coefficient (Wildman–Crippen LogP) is 1.94. The average Bonchev–Trinajstić information content (AvgIpc) is 2.78. The van der Waals surface area contributed by atoms with Gasteiger partial charge in [0.15, 0.2) is 15.7 Å². The molecule has 0 aliphatic heterocycles. The highest BCUT2D eigenvalue weighted by Gasteiger charge is 2.39. The second kappa shape index (κ2) is 9.28. The lowest BCUT2D eigenvalue weighted by Gasteiger charge is -2.25. The maximum Gasteiger partial charge on any atom is 0.319 e. The van der Waals surface area contributed by atoms with Crippen LogP contribution in [0.5, 0.6) is 0 Å². The summed E-state index contributed by atoms with van der Waals surface area (Å²) < 4.78 is 25.1. The molecule has 2 aromatic heterocycles. The summed E-state index contributed by atoms with van der Waals surface area (Å²) in [6.07, 6.45) is 2.84. The standard InChI is InChI=1S/C21H24N6O4S/c1-21(2,32(30,31)16-7-9-23-10-8-16)17-13-18(22)27-19(26-17)14-3-5-15(6-4-14)25-20(29)24-11-12-28/h3-10,13,28H,11-12H2,1-2H3,(H2,22,26,27)(H2,24,25,29). The minimum Gasteiger partial charge on any atom is -0.395 e. The van der Waals surface area contributed by atoms with E-state index in [1.807, 2.05) is 0 Å². The van der Waals surface area contributed by atoms with Crippen molar-refractivity contribution in [3.63, 3.8) is 0 Å². The summed E-state index contributed by atoms with van der Waals surface area (Å²) in [5, 5.41) is 13.9. The Morgan fingerprint density at radius 1 is 1.09 bits per heavy atom. The Kier molecular flexibility index (Phi) is 6.70.